The molecule has 0 aliphatic carbocycles. The molecule has 1 aromatic heterocycles. The van der Waals surface area contributed by atoms with Crippen LogP contribution >= 0.6 is 35.1 Å². The minimum Gasteiger partial charge on any atom is -0.310 e. The van der Waals surface area contributed by atoms with Crippen LogP contribution in [-0.4, -0.2) is 21.0 Å². The van der Waals surface area contributed by atoms with Crippen LogP contribution in [0.3, 0.4) is 0 Å². The van der Waals surface area contributed by atoms with E-state index in [1.165, 1.54) is 23.5 Å². The zero-order chi connectivity index (χ0) is 15.4. The van der Waals surface area contributed by atoms with Gasteiger partial charge in [-0.1, -0.05) is 53.3 Å². The van der Waals surface area contributed by atoms with Gasteiger partial charge >= 0.3 is 0 Å². The first-order valence-corrected chi connectivity index (χ1v) is 8.89. The molecule has 1 aliphatic rings. The Bertz CT molecular complexity index is 719. The van der Waals surface area contributed by atoms with Crippen LogP contribution < -0.4 is 5.32 Å². The number of hydrogen-bond acceptors (Lipinski definition) is 5. The Labute approximate surface area is 141 Å². The van der Waals surface area contributed by atoms with Crippen molar-refractivity contribution in [2.45, 2.75) is 5.75 Å². The molecular formula is C15H12ClN3OS2. The molecule has 0 bridgehead atoms. The monoisotopic (exact) mass is 349 g/mol. The van der Waals surface area contributed by atoms with Gasteiger partial charge in [0.15, 0.2) is 0 Å². The second kappa shape index (κ2) is 7.17. The second-order valence-electron chi connectivity index (χ2n) is 4.49. The van der Waals surface area contributed by atoms with Crippen LogP contribution in [0, 0.1) is 0 Å². The molecule has 1 amide bonds. The molecule has 3 rings (SSSR count). The number of para-hydroxylation sites is 1. The third-order valence-electron chi connectivity index (χ3n) is 2.88. The Morgan fingerprint density at radius 2 is 2.18 bits per heavy atom. The minimum atomic E-state index is -0.109. The molecule has 2 heterocycles. The van der Waals surface area contributed by atoms with Crippen molar-refractivity contribution in [2.75, 3.05) is 11.1 Å². The van der Waals surface area contributed by atoms with Crippen LogP contribution in [0.2, 0.25) is 5.02 Å². The maximum absolute atomic E-state index is 11.9. The number of hydrogen-bond donors (Lipinski definition) is 1. The second-order valence-corrected chi connectivity index (χ2v) is 7.12. The molecule has 0 fully saturated rings. The smallest absolute Gasteiger partial charge is 0.235 e. The van der Waals surface area contributed by atoms with E-state index < -0.39 is 0 Å². The first kappa shape index (κ1) is 15.4. The third kappa shape index (κ3) is 4.03. The van der Waals surface area contributed by atoms with Gasteiger partial charge < -0.3 is 5.32 Å². The van der Waals surface area contributed by atoms with E-state index in [1.807, 2.05) is 18.2 Å². The average Bonchev–Trinajstić information content (AvgIpc) is 2.55. The van der Waals surface area contributed by atoms with Crippen LogP contribution in [0.5, 0.6) is 0 Å². The van der Waals surface area contributed by atoms with E-state index >= 15 is 0 Å². The first-order chi connectivity index (χ1) is 10.7. The molecule has 1 aliphatic heterocycles. The van der Waals surface area contributed by atoms with Crippen molar-refractivity contribution in [3.63, 3.8) is 0 Å². The molecule has 4 nitrogen and oxygen atoms in total. The van der Waals surface area contributed by atoms with Gasteiger partial charge in [0.1, 0.15) is 10.2 Å². The zero-order valence-electron chi connectivity index (χ0n) is 11.5. The molecule has 1 N–H and O–H groups in total. The number of aliphatic imine (C=N–C) groups is 1. The van der Waals surface area contributed by atoms with Gasteiger partial charge in [0.2, 0.25) is 5.91 Å². The van der Waals surface area contributed by atoms with Gasteiger partial charge in [-0.05, 0) is 23.8 Å². The highest BCUT2D eigenvalue weighted by atomic mass is 35.5. The van der Waals surface area contributed by atoms with Gasteiger partial charge in [0.05, 0.1) is 16.5 Å². The van der Waals surface area contributed by atoms with E-state index in [2.05, 4.69) is 21.4 Å². The quantitative estimate of drug-likeness (QED) is 0.895. The Morgan fingerprint density at radius 1 is 1.32 bits per heavy atom. The average molecular weight is 350 g/mol. The number of nitrogens with one attached hydrogen (secondary N) is 1. The molecular weight excluding hydrogens is 338 g/mol. The number of halogens is 1. The Kier molecular flexibility index (Phi) is 5.02. The predicted octanol–water partition coefficient (Wildman–Crippen LogP) is 4.34. The number of fused-ring (bicyclic) bond motifs is 1. The van der Waals surface area contributed by atoms with Crippen molar-refractivity contribution in [3.05, 3.63) is 53.2 Å². The molecule has 2 aromatic rings. The number of carbonyl (C=O) groups is 1. The SMILES string of the molecule is O=C(CSC1=Nc2ccccc2CS1)Nc1ccc(Cl)cn1. The van der Waals surface area contributed by atoms with E-state index in [-0.39, 0.29) is 5.91 Å². The number of nitrogens with zero attached hydrogens (tertiary/aromatic N) is 2. The van der Waals surface area contributed by atoms with Gasteiger partial charge in [0.25, 0.3) is 0 Å². The molecule has 0 saturated heterocycles. The molecule has 0 atom stereocenters. The van der Waals surface area contributed by atoms with Gasteiger partial charge in [-0.15, -0.1) is 0 Å². The van der Waals surface area contributed by atoms with Crippen LogP contribution in [0.25, 0.3) is 0 Å². The van der Waals surface area contributed by atoms with Gasteiger partial charge in [-0.3, -0.25) is 4.79 Å². The molecule has 0 radical (unpaired) electrons. The van der Waals surface area contributed by atoms with E-state index in [9.17, 15) is 4.79 Å². The fraction of sp³-hybridized carbons (Fsp3) is 0.133. The molecule has 7 heteroatoms. The molecule has 0 spiro atoms. The summed E-state index contributed by atoms with van der Waals surface area (Å²) < 4.78 is 0.915. The summed E-state index contributed by atoms with van der Waals surface area (Å²) in [5.41, 5.74) is 2.22. The summed E-state index contributed by atoms with van der Waals surface area (Å²) in [5, 5.41) is 3.27. The summed E-state index contributed by atoms with van der Waals surface area (Å²) >= 11 is 8.85. The van der Waals surface area contributed by atoms with E-state index in [4.69, 9.17) is 11.6 Å². The first-order valence-electron chi connectivity index (χ1n) is 6.54. The summed E-state index contributed by atoms with van der Waals surface area (Å²) in [6, 6.07) is 11.4. The highest BCUT2D eigenvalue weighted by Gasteiger charge is 2.14. The number of rotatable bonds is 3. The topological polar surface area (TPSA) is 54.4 Å². The van der Waals surface area contributed by atoms with Crippen LogP contribution in [0.15, 0.2) is 47.6 Å². The number of amides is 1. The van der Waals surface area contributed by atoms with Crippen molar-refractivity contribution in [3.8, 4) is 0 Å². The number of carbonyl (C=O) groups excluding carboxylic acids is 1. The predicted molar refractivity (Wildman–Crippen MR) is 95.2 cm³/mol. The highest BCUT2D eigenvalue weighted by molar-refractivity contribution is 8.38. The van der Waals surface area contributed by atoms with Crippen LogP contribution in [0.4, 0.5) is 11.5 Å². The molecule has 0 unspecified atom stereocenters. The Morgan fingerprint density at radius 3 is 3.00 bits per heavy atom. The number of benzene rings is 1. The van der Waals surface area contributed by atoms with E-state index in [0.29, 0.717) is 16.6 Å². The van der Waals surface area contributed by atoms with Crippen LogP contribution in [0.1, 0.15) is 5.56 Å². The van der Waals surface area contributed by atoms with E-state index in [0.717, 1.165) is 15.8 Å². The van der Waals surface area contributed by atoms with Crippen molar-refractivity contribution in [1.29, 1.82) is 0 Å². The lowest BCUT2D eigenvalue weighted by atomic mass is 10.2. The Balaban J connectivity index is 1.55. The van der Waals surface area contributed by atoms with Crippen molar-refractivity contribution >= 4 is 56.9 Å². The van der Waals surface area contributed by atoms with Crippen LogP contribution in [-0.2, 0) is 10.5 Å². The number of aromatic nitrogens is 1. The van der Waals surface area contributed by atoms with E-state index in [1.54, 1.807) is 23.9 Å². The Hall–Kier alpha value is -1.50. The van der Waals surface area contributed by atoms with Gasteiger partial charge in [0, 0.05) is 11.9 Å². The van der Waals surface area contributed by atoms with Crippen molar-refractivity contribution in [2.24, 2.45) is 4.99 Å². The molecule has 1 aromatic carbocycles. The third-order valence-corrected chi connectivity index (χ3v) is 5.35. The fourth-order valence-corrected chi connectivity index (χ4v) is 3.82. The van der Waals surface area contributed by atoms with Gasteiger partial charge in [-0.25, -0.2) is 9.98 Å². The van der Waals surface area contributed by atoms with Crippen molar-refractivity contribution in [1.82, 2.24) is 4.98 Å². The minimum absolute atomic E-state index is 0.109. The maximum atomic E-state index is 11.9. The normalized spacial score (nSPS) is 13.2. The largest absolute Gasteiger partial charge is 0.310 e. The standard InChI is InChI=1S/C15H12ClN3OS2/c16-11-5-6-13(17-7-11)19-14(20)9-22-15-18-12-4-2-1-3-10(12)8-21-15/h1-7H,8-9H2,(H,17,19,20). The lowest BCUT2D eigenvalue weighted by Gasteiger charge is -2.13. The lowest BCUT2D eigenvalue weighted by molar-refractivity contribution is -0.113. The molecule has 112 valence electrons. The lowest BCUT2D eigenvalue weighted by Crippen LogP contribution is -2.15. The van der Waals surface area contributed by atoms with Gasteiger partial charge in [-0.2, -0.15) is 0 Å². The summed E-state index contributed by atoms with van der Waals surface area (Å²) in [5.74, 6) is 1.58. The molecule has 22 heavy (non-hydrogen) atoms. The number of thioether (sulfide) groups is 2. The molecule has 0 saturated carbocycles. The summed E-state index contributed by atoms with van der Waals surface area (Å²) in [6.07, 6.45) is 1.50. The summed E-state index contributed by atoms with van der Waals surface area (Å²) in [6.45, 7) is 0. The highest BCUT2D eigenvalue weighted by Crippen LogP contribution is 2.34. The summed E-state index contributed by atoms with van der Waals surface area (Å²) in [4.78, 5) is 20.5. The number of pyridine rings is 1. The zero-order valence-corrected chi connectivity index (χ0v) is 13.8. The fourth-order valence-electron chi connectivity index (χ4n) is 1.84. The number of anilines is 1. The van der Waals surface area contributed by atoms with Crippen molar-refractivity contribution < 1.29 is 4.79 Å². The summed E-state index contributed by atoms with van der Waals surface area (Å²) in [7, 11) is 0. The maximum Gasteiger partial charge on any atom is 0.235 e.